The summed E-state index contributed by atoms with van der Waals surface area (Å²) in [6, 6.07) is -0.647. The van der Waals surface area contributed by atoms with Crippen molar-refractivity contribution in [2.24, 2.45) is 11.8 Å². The molecule has 0 amide bonds. The van der Waals surface area contributed by atoms with Crippen LogP contribution in [0, 0.1) is 11.8 Å². The Bertz CT molecular complexity index is 1170. The zero-order chi connectivity index (χ0) is 39.0. The first-order chi connectivity index (χ1) is 25.5. The maximum atomic E-state index is 12.6. The van der Waals surface area contributed by atoms with Crippen LogP contribution >= 0.6 is 8.60 Å². The van der Waals surface area contributed by atoms with Crippen LogP contribution in [0.25, 0.3) is 0 Å². The molecule has 0 saturated heterocycles. The van der Waals surface area contributed by atoms with Crippen molar-refractivity contribution >= 4 is 38.4 Å². The van der Waals surface area contributed by atoms with E-state index in [0.29, 0.717) is 18.4 Å². The van der Waals surface area contributed by atoms with Gasteiger partial charge in [0.1, 0.15) is 13.5 Å². The second-order valence-electron chi connectivity index (χ2n) is 12.9. The molecule has 0 bridgehead atoms. The minimum atomic E-state index is -1.81. The highest BCUT2D eigenvalue weighted by atomic mass is 31.2. The van der Waals surface area contributed by atoms with Gasteiger partial charge in [0.15, 0.2) is 0 Å². The van der Waals surface area contributed by atoms with Crippen LogP contribution in [0.3, 0.4) is 0 Å². The van der Waals surface area contributed by atoms with Gasteiger partial charge in [-0.1, -0.05) is 23.8 Å². The summed E-state index contributed by atoms with van der Waals surface area (Å²) in [4.78, 5) is 65.3. The maximum Gasteiger partial charge on any atom is 0.332 e. The zero-order valence-electron chi connectivity index (χ0n) is 32.3. The third-order valence-electron chi connectivity index (χ3n) is 9.15. The lowest BCUT2D eigenvalue weighted by Gasteiger charge is -2.35. The Hall–Kier alpha value is -2.98. The number of allylic oxidation sites excluding steroid dienone is 4. The van der Waals surface area contributed by atoms with Gasteiger partial charge in [-0.15, -0.1) is 0 Å². The Morgan fingerprint density at radius 2 is 1.40 bits per heavy atom. The summed E-state index contributed by atoms with van der Waals surface area (Å²) < 4.78 is 43.2. The molecule has 0 aliphatic heterocycles. The van der Waals surface area contributed by atoms with Crippen molar-refractivity contribution in [2.45, 2.75) is 71.3 Å². The molecule has 4 atom stereocenters. The number of rotatable bonds is 26. The lowest BCUT2D eigenvalue weighted by Crippen LogP contribution is -2.51. The Labute approximate surface area is 315 Å². The third kappa shape index (κ3) is 19.3. The molecular formula is C36H60N3O13P. The first-order valence-corrected chi connectivity index (χ1v) is 19.2. The van der Waals surface area contributed by atoms with Gasteiger partial charge in [0, 0.05) is 40.6 Å². The Kier molecular flexibility index (Phi) is 23.3. The summed E-state index contributed by atoms with van der Waals surface area (Å²) in [6.07, 6.45) is 15.8. The lowest BCUT2D eigenvalue weighted by molar-refractivity contribution is -0.159. The molecule has 0 aromatic heterocycles. The quantitative estimate of drug-likeness (QED) is 0.0411. The number of carbonyl (C=O) groups excluding carboxylic acids is 5. The van der Waals surface area contributed by atoms with Gasteiger partial charge in [0.25, 0.3) is 0 Å². The van der Waals surface area contributed by atoms with E-state index in [1.165, 1.54) is 65.6 Å². The van der Waals surface area contributed by atoms with Crippen molar-refractivity contribution in [1.82, 2.24) is 14.7 Å². The normalized spacial score (nSPS) is 17.5. The molecule has 2 aliphatic carbocycles. The molecule has 4 unspecified atom stereocenters. The number of esters is 5. The Morgan fingerprint density at radius 1 is 0.792 bits per heavy atom. The summed E-state index contributed by atoms with van der Waals surface area (Å²) in [6.45, 7) is 2.30. The highest BCUT2D eigenvalue weighted by Gasteiger charge is 2.29. The van der Waals surface area contributed by atoms with E-state index in [1.807, 2.05) is 0 Å². The predicted molar refractivity (Wildman–Crippen MR) is 195 cm³/mol. The van der Waals surface area contributed by atoms with Crippen molar-refractivity contribution in [3.63, 3.8) is 0 Å². The van der Waals surface area contributed by atoms with Crippen LogP contribution in [-0.4, -0.2) is 145 Å². The number of methoxy groups -OCH3 is 3. The largest absolute Gasteiger partial charge is 0.468 e. The molecule has 0 saturated carbocycles. The fraction of sp³-hybridized carbons (Fsp3) is 0.750. The molecule has 2 rings (SSSR count). The van der Waals surface area contributed by atoms with Crippen molar-refractivity contribution < 1.29 is 61.2 Å². The average Bonchev–Trinajstić information content (AvgIpc) is 3.16. The van der Waals surface area contributed by atoms with Gasteiger partial charge in [-0.3, -0.25) is 33.8 Å². The van der Waals surface area contributed by atoms with Crippen LogP contribution in [0.15, 0.2) is 23.8 Å². The summed E-state index contributed by atoms with van der Waals surface area (Å²) in [5.41, 5.74) is 1.52. The molecule has 0 spiro atoms. The lowest BCUT2D eigenvalue weighted by atomic mass is 9.74. The van der Waals surface area contributed by atoms with E-state index in [1.54, 1.807) is 9.80 Å². The minimum absolute atomic E-state index is 0.0320. The molecule has 0 fully saturated rings. The van der Waals surface area contributed by atoms with Crippen molar-refractivity contribution in [3.05, 3.63) is 23.8 Å². The van der Waals surface area contributed by atoms with Gasteiger partial charge in [0.2, 0.25) is 0 Å². The van der Waals surface area contributed by atoms with E-state index >= 15 is 0 Å². The van der Waals surface area contributed by atoms with E-state index in [9.17, 15) is 24.0 Å². The first-order valence-electron chi connectivity index (χ1n) is 18.1. The standard InChI is InChI=1S/C36H60N3O13P/c1-28(40)49-26-39(27-50-29(2)41)32(21-37(22-34(42)45-3)18-19-38(23-35(43)46-4)24-36(44)47-5)25-52-53(48-6)51-20-17-33(30-13-9-7-10-14-30)31-15-11-8-12-16-31/h7,9,15,30,32-33H,8,10-14,16-27H2,1-6H3. The van der Waals surface area contributed by atoms with Gasteiger partial charge in [-0.2, -0.15) is 0 Å². The Balaban J connectivity index is 2.25. The van der Waals surface area contributed by atoms with Crippen LogP contribution in [0.1, 0.15) is 65.2 Å². The number of hydrogen-bond acceptors (Lipinski definition) is 16. The second-order valence-corrected chi connectivity index (χ2v) is 14.3. The molecule has 0 radical (unpaired) electrons. The number of nitrogens with zero attached hydrogens (tertiary/aromatic N) is 3. The van der Waals surface area contributed by atoms with Gasteiger partial charge < -0.3 is 37.3 Å². The van der Waals surface area contributed by atoms with Crippen LogP contribution in [0.5, 0.6) is 0 Å². The van der Waals surface area contributed by atoms with Crippen molar-refractivity contribution in [1.29, 1.82) is 0 Å². The topological polar surface area (TPSA) is 169 Å². The molecule has 16 nitrogen and oxygen atoms in total. The maximum absolute atomic E-state index is 12.6. The highest BCUT2D eigenvalue weighted by molar-refractivity contribution is 7.41. The third-order valence-corrected chi connectivity index (χ3v) is 10.2. The molecule has 53 heavy (non-hydrogen) atoms. The minimum Gasteiger partial charge on any atom is -0.468 e. The number of ether oxygens (including phenoxy) is 5. The van der Waals surface area contributed by atoms with Gasteiger partial charge in [-0.05, 0) is 63.2 Å². The molecule has 0 aromatic carbocycles. The fourth-order valence-corrected chi connectivity index (χ4v) is 7.12. The number of carbonyl (C=O) groups is 5. The summed E-state index contributed by atoms with van der Waals surface area (Å²) in [7, 11) is 3.45. The highest BCUT2D eigenvalue weighted by Crippen LogP contribution is 2.42. The van der Waals surface area contributed by atoms with Crippen molar-refractivity contribution in [2.75, 3.05) is 94.4 Å². The molecule has 17 heteroatoms. The second kappa shape index (κ2) is 26.7. The summed E-state index contributed by atoms with van der Waals surface area (Å²) in [5, 5.41) is 0. The zero-order valence-corrected chi connectivity index (χ0v) is 33.2. The summed E-state index contributed by atoms with van der Waals surface area (Å²) in [5.74, 6) is -1.76. The van der Waals surface area contributed by atoms with Crippen LogP contribution in [0.4, 0.5) is 0 Å². The monoisotopic (exact) mass is 773 g/mol. The molecule has 0 aromatic rings. The van der Waals surface area contributed by atoms with Gasteiger partial charge >= 0.3 is 38.4 Å². The molecule has 2 aliphatic rings. The van der Waals surface area contributed by atoms with E-state index in [0.717, 1.165) is 38.5 Å². The Morgan fingerprint density at radius 3 is 1.91 bits per heavy atom. The number of hydrogen-bond donors (Lipinski definition) is 0. The SMILES string of the molecule is COC(=O)CN(CCN(CC(=O)OC)CC(COP(OC)OCCC(C1=CCCCC1)C1CC=CCC1)N(COC(C)=O)COC(C)=O)CC(=O)OC. The van der Waals surface area contributed by atoms with E-state index in [4.69, 9.17) is 37.3 Å². The first kappa shape index (κ1) is 46.2. The van der Waals surface area contributed by atoms with E-state index in [2.05, 4.69) is 18.2 Å². The van der Waals surface area contributed by atoms with Crippen LogP contribution in [0.2, 0.25) is 0 Å². The molecule has 302 valence electrons. The fourth-order valence-electron chi connectivity index (χ4n) is 6.29. The summed E-state index contributed by atoms with van der Waals surface area (Å²) >= 11 is 0. The van der Waals surface area contributed by atoms with Crippen LogP contribution in [-0.2, 0) is 61.2 Å². The van der Waals surface area contributed by atoms with Crippen molar-refractivity contribution in [3.8, 4) is 0 Å². The van der Waals surface area contributed by atoms with E-state index < -0.39 is 44.5 Å². The molecule has 0 N–H and O–H groups in total. The smallest absolute Gasteiger partial charge is 0.332 e. The molecule has 0 heterocycles. The predicted octanol–water partition coefficient (Wildman–Crippen LogP) is 3.59. The van der Waals surface area contributed by atoms with E-state index in [-0.39, 0.29) is 59.3 Å². The van der Waals surface area contributed by atoms with Gasteiger partial charge in [0.05, 0.1) is 60.2 Å². The van der Waals surface area contributed by atoms with Crippen LogP contribution < -0.4 is 0 Å². The molecular weight excluding hydrogens is 713 g/mol. The average molecular weight is 774 g/mol. The van der Waals surface area contributed by atoms with Gasteiger partial charge in [-0.25, -0.2) is 4.90 Å².